The van der Waals surface area contributed by atoms with E-state index in [9.17, 15) is 13.2 Å². The molecular weight excluding hydrogens is 230 g/mol. The zero-order chi connectivity index (χ0) is 12.3. The van der Waals surface area contributed by atoms with Crippen LogP contribution in [0.5, 0.6) is 0 Å². The third-order valence-electron chi connectivity index (χ3n) is 2.01. The topological polar surface area (TPSA) is 86.5 Å². The monoisotopic (exact) mass is 243 g/mol. The van der Waals surface area contributed by atoms with Gasteiger partial charge >= 0.3 is 5.97 Å². The van der Waals surface area contributed by atoms with E-state index in [1.807, 2.05) is 0 Å². The number of carbonyl (C=O) groups is 1. The van der Waals surface area contributed by atoms with E-state index in [2.05, 4.69) is 0 Å². The van der Waals surface area contributed by atoms with Crippen molar-refractivity contribution < 1.29 is 17.9 Å². The third kappa shape index (κ3) is 2.80. The minimum absolute atomic E-state index is 0.0574. The summed E-state index contributed by atoms with van der Waals surface area (Å²) in [4.78, 5) is 11.3. The van der Waals surface area contributed by atoms with Crippen LogP contribution < -0.4 is 5.14 Å². The molecular formula is C10H13NO4S. The van der Waals surface area contributed by atoms with Gasteiger partial charge in [0, 0.05) is 0 Å². The minimum Gasteiger partial charge on any atom is -0.462 e. The molecule has 5 nitrogen and oxygen atoms in total. The van der Waals surface area contributed by atoms with Crippen LogP contribution >= 0.6 is 0 Å². The second-order valence-corrected chi connectivity index (χ2v) is 4.78. The smallest absolute Gasteiger partial charge is 0.338 e. The van der Waals surface area contributed by atoms with E-state index < -0.39 is 16.0 Å². The molecule has 0 aliphatic heterocycles. The quantitative estimate of drug-likeness (QED) is 0.796. The summed E-state index contributed by atoms with van der Waals surface area (Å²) < 4.78 is 27.2. The number of esters is 1. The van der Waals surface area contributed by atoms with Crippen LogP contribution in [0.15, 0.2) is 23.1 Å². The number of hydrogen-bond acceptors (Lipinski definition) is 4. The number of carbonyl (C=O) groups excluding carboxylic acids is 1. The molecule has 1 aromatic rings. The SMILES string of the molecule is CCOC(=O)c1ccc(C)c(S(N)(=O)=O)c1. The number of sulfonamides is 1. The Morgan fingerprint density at radius 3 is 2.56 bits per heavy atom. The first-order valence-electron chi connectivity index (χ1n) is 4.67. The van der Waals surface area contributed by atoms with Gasteiger partial charge < -0.3 is 4.74 Å². The van der Waals surface area contributed by atoms with Gasteiger partial charge in [0.15, 0.2) is 0 Å². The van der Waals surface area contributed by atoms with Gasteiger partial charge in [-0.15, -0.1) is 0 Å². The molecule has 6 heteroatoms. The van der Waals surface area contributed by atoms with Crippen molar-refractivity contribution in [3.63, 3.8) is 0 Å². The number of ether oxygens (including phenoxy) is 1. The van der Waals surface area contributed by atoms with Crippen molar-refractivity contribution in [1.29, 1.82) is 0 Å². The molecule has 0 heterocycles. The Morgan fingerprint density at radius 2 is 2.06 bits per heavy atom. The van der Waals surface area contributed by atoms with E-state index in [1.165, 1.54) is 18.2 Å². The third-order valence-corrected chi connectivity index (χ3v) is 3.06. The first-order chi connectivity index (χ1) is 7.36. The Bertz CT molecular complexity index is 508. The van der Waals surface area contributed by atoms with Crippen LogP contribution in [0, 0.1) is 6.92 Å². The van der Waals surface area contributed by atoms with E-state index in [-0.39, 0.29) is 17.1 Å². The van der Waals surface area contributed by atoms with Crippen LogP contribution in [0.2, 0.25) is 0 Å². The van der Waals surface area contributed by atoms with Crippen molar-refractivity contribution in [1.82, 2.24) is 0 Å². The van der Waals surface area contributed by atoms with E-state index in [1.54, 1.807) is 13.8 Å². The van der Waals surface area contributed by atoms with Gasteiger partial charge in [-0.3, -0.25) is 0 Å². The van der Waals surface area contributed by atoms with Gasteiger partial charge in [0.25, 0.3) is 0 Å². The van der Waals surface area contributed by atoms with Crippen LogP contribution in [0.4, 0.5) is 0 Å². The average Bonchev–Trinajstić information content (AvgIpc) is 2.16. The lowest BCUT2D eigenvalue weighted by molar-refractivity contribution is 0.0526. The zero-order valence-electron chi connectivity index (χ0n) is 9.06. The summed E-state index contributed by atoms with van der Waals surface area (Å²) in [6.45, 7) is 3.51. The average molecular weight is 243 g/mol. The Balaban J connectivity index is 3.23. The maximum absolute atomic E-state index is 11.4. The molecule has 0 saturated heterocycles. The highest BCUT2D eigenvalue weighted by Gasteiger charge is 2.15. The Labute approximate surface area is 94.3 Å². The maximum atomic E-state index is 11.4. The molecule has 0 aliphatic carbocycles. The standard InChI is InChI=1S/C10H13NO4S/c1-3-15-10(12)8-5-4-7(2)9(6-8)16(11,13)14/h4-6H,3H2,1-2H3,(H2,11,13,14). The Kier molecular flexibility index (Phi) is 3.66. The lowest BCUT2D eigenvalue weighted by Crippen LogP contribution is -2.15. The number of benzene rings is 1. The fourth-order valence-electron chi connectivity index (χ4n) is 1.25. The summed E-state index contributed by atoms with van der Waals surface area (Å²) in [7, 11) is -3.81. The molecule has 0 aliphatic rings. The Morgan fingerprint density at radius 1 is 1.44 bits per heavy atom. The second-order valence-electron chi connectivity index (χ2n) is 3.25. The van der Waals surface area contributed by atoms with Crippen molar-refractivity contribution in [2.45, 2.75) is 18.7 Å². The van der Waals surface area contributed by atoms with Crippen LogP contribution in [-0.4, -0.2) is 21.0 Å². The number of primary sulfonamides is 1. The molecule has 0 saturated carbocycles. The largest absolute Gasteiger partial charge is 0.462 e. The van der Waals surface area contributed by atoms with Gasteiger partial charge in [0.1, 0.15) is 0 Å². The van der Waals surface area contributed by atoms with E-state index >= 15 is 0 Å². The van der Waals surface area contributed by atoms with Crippen molar-refractivity contribution in [3.05, 3.63) is 29.3 Å². The highest BCUT2D eigenvalue weighted by atomic mass is 32.2. The number of hydrogen-bond donors (Lipinski definition) is 1. The molecule has 0 spiro atoms. The van der Waals surface area contributed by atoms with Gasteiger partial charge in [-0.2, -0.15) is 0 Å². The van der Waals surface area contributed by atoms with Gasteiger partial charge in [-0.05, 0) is 31.5 Å². The fraction of sp³-hybridized carbons (Fsp3) is 0.300. The van der Waals surface area contributed by atoms with Gasteiger partial charge in [-0.25, -0.2) is 18.4 Å². The molecule has 16 heavy (non-hydrogen) atoms. The number of rotatable bonds is 3. The van der Waals surface area contributed by atoms with Crippen LogP contribution in [-0.2, 0) is 14.8 Å². The molecule has 0 bridgehead atoms. The molecule has 0 atom stereocenters. The highest BCUT2D eigenvalue weighted by Crippen LogP contribution is 2.16. The molecule has 1 aromatic carbocycles. The summed E-state index contributed by atoms with van der Waals surface area (Å²) >= 11 is 0. The van der Waals surface area contributed by atoms with Gasteiger partial charge in [0.05, 0.1) is 17.1 Å². The molecule has 0 aromatic heterocycles. The fourth-order valence-corrected chi connectivity index (χ4v) is 2.06. The van der Waals surface area contributed by atoms with Crippen LogP contribution in [0.3, 0.4) is 0 Å². The molecule has 0 amide bonds. The first kappa shape index (κ1) is 12.7. The molecule has 0 unspecified atom stereocenters. The van der Waals surface area contributed by atoms with Crippen molar-refractivity contribution >= 4 is 16.0 Å². The molecule has 0 fully saturated rings. The predicted molar refractivity (Wildman–Crippen MR) is 58.5 cm³/mol. The van der Waals surface area contributed by atoms with Gasteiger partial charge in [-0.1, -0.05) is 6.07 Å². The summed E-state index contributed by atoms with van der Waals surface area (Å²) in [6, 6.07) is 4.25. The minimum atomic E-state index is -3.81. The van der Waals surface area contributed by atoms with E-state index in [0.29, 0.717) is 5.56 Å². The van der Waals surface area contributed by atoms with Crippen molar-refractivity contribution in [3.8, 4) is 0 Å². The molecule has 1 rings (SSSR count). The summed E-state index contributed by atoms with van der Waals surface area (Å²) in [5.74, 6) is -0.563. The lowest BCUT2D eigenvalue weighted by Gasteiger charge is -2.06. The van der Waals surface area contributed by atoms with E-state index in [4.69, 9.17) is 9.88 Å². The van der Waals surface area contributed by atoms with Crippen LogP contribution in [0.25, 0.3) is 0 Å². The first-order valence-corrected chi connectivity index (χ1v) is 6.21. The summed E-state index contributed by atoms with van der Waals surface area (Å²) in [5.41, 5.74) is 0.673. The molecule has 88 valence electrons. The van der Waals surface area contributed by atoms with Crippen molar-refractivity contribution in [2.75, 3.05) is 6.61 Å². The molecule has 2 N–H and O–H groups in total. The zero-order valence-corrected chi connectivity index (χ0v) is 9.87. The number of aryl methyl sites for hydroxylation is 1. The normalized spacial score (nSPS) is 11.2. The summed E-state index contributed by atoms with van der Waals surface area (Å²) in [5, 5.41) is 5.02. The lowest BCUT2D eigenvalue weighted by atomic mass is 10.1. The second kappa shape index (κ2) is 4.63. The maximum Gasteiger partial charge on any atom is 0.338 e. The van der Waals surface area contributed by atoms with E-state index in [0.717, 1.165) is 0 Å². The van der Waals surface area contributed by atoms with Crippen molar-refractivity contribution in [2.24, 2.45) is 5.14 Å². The Hall–Kier alpha value is -1.40. The van der Waals surface area contributed by atoms with Gasteiger partial charge in [0.2, 0.25) is 10.0 Å². The predicted octanol–water partition coefficient (Wildman–Crippen LogP) is 0.819. The highest BCUT2D eigenvalue weighted by molar-refractivity contribution is 7.89. The number of nitrogens with two attached hydrogens (primary N) is 1. The van der Waals surface area contributed by atoms with Crippen LogP contribution in [0.1, 0.15) is 22.8 Å². The summed E-state index contributed by atoms with van der Waals surface area (Å²) in [6.07, 6.45) is 0. The molecule has 0 radical (unpaired) electrons.